The maximum atomic E-state index is 10.8. The molecular weight excluding hydrogens is 204 g/mol. The quantitative estimate of drug-likeness (QED) is 0.687. The Morgan fingerprint density at radius 3 is 3.00 bits per heavy atom. The second-order valence-corrected chi connectivity index (χ2v) is 3.98. The Morgan fingerprint density at radius 2 is 2.50 bits per heavy atom. The molecule has 2 N–H and O–H groups in total. The Balaban J connectivity index is 2.47. The van der Waals surface area contributed by atoms with E-state index in [-0.39, 0.29) is 0 Å². The van der Waals surface area contributed by atoms with Crippen molar-refractivity contribution in [3.8, 4) is 0 Å². The third kappa shape index (κ3) is 3.33. The van der Waals surface area contributed by atoms with Crippen molar-refractivity contribution in [2.45, 2.75) is 36.6 Å². The van der Waals surface area contributed by atoms with Crippen molar-refractivity contribution < 1.29 is 9.90 Å². The van der Waals surface area contributed by atoms with Crippen LogP contribution in [0, 0.1) is 0 Å². The van der Waals surface area contributed by atoms with Crippen molar-refractivity contribution in [2.75, 3.05) is 0 Å². The SMILES string of the molecule is CCCCC(Sc1nnn[nH]1)C(=O)O. The zero-order chi connectivity index (χ0) is 10.4. The number of nitrogens with one attached hydrogen (secondary N) is 1. The highest BCUT2D eigenvalue weighted by Crippen LogP contribution is 2.22. The number of hydrogen-bond acceptors (Lipinski definition) is 5. The molecule has 78 valence electrons. The number of carboxylic acid groups (broad SMARTS) is 1. The maximum absolute atomic E-state index is 10.8. The van der Waals surface area contributed by atoms with E-state index in [2.05, 4.69) is 20.6 Å². The average molecular weight is 216 g/mol. The molecular formula is C7H12N4O2S. The highest BCUT2D eigenvalue weighted by atomic mass is 32.2. The molecule has 0 aliphatic heterocycles. The normalized spacial score (nSPS) is 12.6. The van der Waals surface area contributed by atoms with Crippen LogP contribution in [0.15, 0.2) is 5.16 Å². The van der Waals surface area contributed by atoms with Gasteiger partial charge in [-0.05, 0) is 16.8 Å². The van der Waals surface area contributed by atoms with Crippen LogP contribution in [0.3, 0.4) is 0 Å². The third-order valence-electron chi connectivity index (χ3n) is 1.68. The molecule has 0 saturated carbocycles. The van der Waals surface area contributed by atoms with E-state index in [9.17, 15) is 4.79 Å². The standard InChI is InChI=1S/C7H12N4O2S/c1-2-3-4-5(6(12)13)14-7-8-10-11-9-7/h5H,2-4H2,1H3,(H,12,13)(H,8,9,10,11). The lowest BCUT2D eigenvalue weighted by molar-refractivity contribution is -0.136. The van der Waals surface area contributed by atoms with Gasteiger partial charge in [0.15, 0.2) is 0 Å². The van der Waals surface area contributed by atoms with E-state index in [1.54, 1.807) is 0 Å². The van der Waals surface area contributed by atoms with Crippen LogP contribution in [0.1, 0.15) is 26.2 Å². The number of hydrogen-bond donors (Lipinski definition) is 2. The molecule has 0 saturated heterocycles. The number of carboxylic acids is 1. The first kappa shape index (κ1) is 11.0. The second kappa shape index (κ2) is 5.58. The molecule has 0 bridgehead atoms. The van der Waals surface area contributed by atoms with Gasteiger partial charge in [0.05, 0.1) is 0 Å². The molecule has 0 aliphatic carbocycles. The van der Waals surface area contributed by atoms with E-state index in [0.29, 0.717) is 11.6 Å². The summed E-state index contributed by atoms with van der Waals surface area (Å²) in [7, 11) is 0. The topological polar surface area (TPSA) is 91.8 Å². The Bertz CT molecular complexity index is 277. The van der Waals surface area contributed by atoms with Gasteiger partial charge < -0.3 is 5.11 Å². The molecule has 1 rings (SSSR count). The van der Waals surface area contributed by atoms with E-state index >= 15 is 0 Å². The van der Waals surface area contributed by atoms with Crippen LogP contribution in [0.4, 0.5) is 0 Å². The fourth-order valence-electron chi connectivity index (χ4n) is 0.957. The minimum atomic E-state index is -0.820. The molecule has 1 atom stereocenters. The second-order valence-electron chi connectivity index (χ2n) is 2.79. The number of tetrazole rings is 1. The van der Waals surface area contributed by atoms with Crippen LogP contribution in [0.25, 0.3) is 0 Å². The molecule has 0 aromatic carbocycles. The molecule has 7 heteroatoms. The lowest BCUT2D eigenvalue weighted by Crippen LogP contribution is -2.16. The summed E-state index contributed by atoms with van der Waals surface area (Å²) in [6.45, 7) is 2.03. The number of thioether (sulfide) groups is 1. The van der Waals surface area contributed by atoms with Gasteiger partial charge >= 0.3 is 5.97 Å². The average Bonchev–Trinajstić information content (AvgIpc) is 2.64. The molecule has 0 amide bonds. The number of nitrogens with zero attached hydrogens (tertiary/aromatic N) is 3. The molecule has 1 heterocycles. The lowest BCUT2D eigenvalue weighted by atomic mass is 10.2. The summed E-state index contributed by atoms with van der Waals surface area (Å²) in [6.07, 6.45) is 2.52. The Hall–Kier alpha value is -1.11. The van der Waals surface area contributed by atoms with Crippen molar-refractivity contribution in [1.82, 2.24) is 20.6 Å². The zero-order valence-electron chi connectivity index (χ0n) is 7.80. The van der Waals surface area contributed by atoms with Gasteiger partial charge in [-0.15, -0.1) is 5.10 Å². The number of aliphatic carboxylic acids is 1. The van der Waals surface area contributed by atoms with Crippen LogP contribution in [0.2, 0.25) is 0 Å². The summed E-state index contributed by atoms with van der Waals surface area (Å²) in [5.74, 6) is -0.820. The molecule has 0 aliphatic rings. The highest BCUT2D eigenvalue weighted by Gasteiger charge is 2.19. The molecule has 0 radical (unpaired) electrons. The molecule has 14 heavy (non-hydrogen) atoms. The number of rotatable bonds is 6. The van der Waals surface area contributed by atoms with Gasteiger partial charge in [0.1, 0.15) is 5.25 Å². The van der Waals surface area contributed by atoms with Gasteiger partial charge in [-0.1, -0.05) is 31.5 Å². The first-order chi connectivity index (χ1) is 6.74. The summed E-state index contributed by atoms with van der Waals surface area (Å²) >= 11 is 1.15. The van der Waals surface area contributed by atoms with Crippen LogP contribution in [-0.2, 0) is 4.79 Å². The number of H-pyrrole nitrogens is 1. The Morgan fingerprint density at radius 1 is 1.71 bits per heavy atom. The van der Waals surface area contributed by atoms with E-state index in [1.807, 2.05) is 6.92 Å². The van der Waals surface area contributed by atoms with E-state index in [0.717, 1.165) is 24.6 Å². The number of aromatic amines is 1. The van der Waals surface area contributed by atoms with E-state index in [4.69, 9.17) is 5.11 Å². The Labute approximate surface area is 85.5 Å². The summed E-state index contributed by atoms with van der Waals surface area (Å²) < 4.78 is 0. The van der Waals surface area contributed by atoms with Crippen LogP contribution < -0.4 is 0 Å². The Kier molecular flexibility index (Phi) is 4.37. The number of unbranched alkanes of at least 4 members (excludes halogenated alkanes) is 1. The van der Waals surface area contributed by atoms with Gasteiger partial charge in [0.2, 0.25) is 5.16 Å². The maximum Gasteiger partial charge on any atom is 0.317 e. The first-order valence-electron chi connectivity index (χ1n) is 4.37. The first-order valence-corrected chi connectivity index (χ1v) is 5.25. The summed E-state index contributed by atoms with van der Waals surface area (Å²) in [6, 6.07) is 0. The van der Waals surface area contributed by atoms with Crippen LogP contribution >= 0.6 is 11.8 Å². The summed E-state index contributed by atoms with van der Waals surface area (Å²) in [4.78, 5) is 10.8. The molecule has 6 nitrogen and oxygen atoms in total. The van der Waals surface area contributed by atoms with Crippen molar-refractivity contribution in [1.29, 1.82) is 0 Å². The van der Waals surface area contributed by atoms with E-state index < -0.39 is 11.2 Å². The number of carbonyl (C=O) groups is 1. The monoisotopic (exact) mass is 216 g/mol. The molecule has 0 spiro atoms. The summed E-state index contributed by atoms with van der Waals surface area (Å²) in [5, 5.41) is 21.8. The van der Waals surface area contributed by atoms with Crippen LogP contribution in [0.5, 0.6) is 0 Å². The van der Waals surface area contributed by atoms with Gasteiger partial charge in [0, 0.05) is 0 Å². The van der Waals surface area contributed by atoms with Crippen molar-refractivity contribution in [2.24, 2.45) is 0 Å². The fourth-order valence-corrected chi connectivity index (χ4v) is 1.79. The van der Waals surface area contributed by atoms with Crippen molar-refractivity contribution in [3.63, 3.8) is 0 Å². The van der Waals surface area contributed by atoms with Gasteiger partial charge in [0.25, 0.3) is 0 Å². The minimum Gasteiger partial charge on any atom is -0.480 e. The largest absolute Gasteiger partial charge is 0.480 e. The highest BCUT2D eigenvalue weighted by molar-refractivity contribution is 8.00. The fraction of sp³-hybridized carbons (Fsp3) is 0.714. The molecule has 1 aromatic heterocycles. The molecule has 1 unspecified atom stereocenters. The van der Waals surface area contributed by atoms with Crippen molar-refractivity contribution >= 4 is 17.7 Å². The number of aromatic nitrogens is 4. The van der Waals surface area contributed by atoms with Gasteiger partial charge in [-0.25, -0.2) is 5.10 Å². The van der Waals surface area contributed by atoms with E-state index in [1.165, 1.54) is 0 Å². The van der Waals surface area contributed by atoms with Gasteiger partial charge in [-0.3, -0.25) is 4.79 Å². The molecule has 1 aromatic rings. The molecule has 0 fully saturated rings. The lowest BCUT2D eigenvalue weighted by Gasteiger charge is -2.07. The smallest absolute Gasteiger partial charge is 0.317 e. The van der Waals surface area contributed by atoms with Crippen molar-refractivity contribution in [3.05, 3.63) is 0 Å². The third-order valence-corrected chi connectivity index (χ3v) is 2.79. The minimum absolute atomic E-state index is 0.452. The summed E-state index contributed by atoms with van der Waals surface area (Å²) in [5.41, 5.74) is 0. The van der Waals surface area contributed by atoms with Gasteiger partial charge in [-0.2, -0.15) is 0 Å². The predicted octanol–water partition coefficient (Wildman–Crippen LogP) is 0.935. The zero-order valence-corrected chi connectivity index (χ0v) is 8.62. The van der Waals surface area contributed by atoms with Crippen LogP contribution in [-0.4, -0.2) is 36.9 Å². The predicted molar refractivity (Wildman–Crippen MR) is 51.0 cm³/mol.